The molecule has 1 saturated heterocycles. The van der Waals surface area contributed by atoms with Gasteiger partial charge in [-0.05, 0) is 18.3 Å². The lowest BCUT2D eigenvalue weighted by Gasteiger charge is -2.29. The molecule has 5 heteroatoms. The van der Waals surface area contributed by atoms with E-state index in [9.17, 15) is 0 Å². The number of nitrogens with one attached hydrogen (secondary N) is 2. The van der Waals surface area contributed by atoms with Gasteiger partial charge in [-0.25, -0.2) is 9.97 Å². The van der Waals surface area contributed by atoms with Gasteiger partial charge in [0.15, 0.2) is 0 Å². The molecule has 1 aromatic rings. The molecule has 1 aliphatic heterocycles. The van der Waals surface area contributed by atoms with Crippen LogP contribution in [0.25, 0.3) is 0 Å². The average Bonchev–Trinajstić information content (AvgIpc) is 3.17. The molecule has 1 aliphatic carbocycles. The fraction of sp³-hybridized carbons (Fsp3) is 0.714. The highest BCUT2D eigenvalue weighted by molar-refractivity contribution is 5.49. The first-order valence-electron chi connectivity index (χ1n) is 7.17. The van der Waals surface area contributed by atoms with Gasteiger partial charge in [0.2, 0.25) is 0 Å². The van der Waals surface area contributed by atoms with Crippen LogP contribution in [0.5, 0.6) is 0 Å². The topological polar surface area (TPSA) is 53.1 Å². The Morgan fingerprint density at radius 2 is 2.21 bits per heavy atom. The number of anilines is 2. The zero-order valence-corrected chi connectivity index (χ0v) is 11.8. The zero-order valence-electron chi connectivity index (χ0n) is 11.8. The Morgan fingerprint density at radius 1 is 1.37 bits per heavy atom. The van der Waals surface area contributed by atoms with E-state index in [1.807, 2.05) is 0 Å². The molecule has 0 aromatic carbocycles. The Morgan fingerprint density at radius 3 is 3.00 bits per heavy atom. The van der Waals surface area contributed by atoms with Crippen LogP contribution in [0.4, 0.5) is 11.6 Å². The summed E-state index contributed by atoms with van der Waals surface area (Å²) in [6.07, 6.45) is 4.20. The molecule has 0 spiro atoms. The molecule has 2 aliphatic rings. The Labute approximate surface area is 114 Å². The van der Waals surface area contributed by atoms with Gasteiger partial charge in [0, 0.05) is 38.3 Å². The van der Waals surface area contributed by atoms with E-state index < -0.39 is 0 Å². The monoisotopic (exact) mass is 261 g/mol. The Balaban J connectivity index is 1.75. The van der Waals surface area contributed by atoms with Gasteiger partial charge in [0.25, 0.3) is 0 Å². The second-order valence-electron chi connectivity index (χ2n) is 6.44. The van der Waals surface area contributed by atoms with Crippen LogP contribution in [0.15, 0.2) is 12.4 Å². The molecule has 1 saturated carbocycles. The molecule has 3 rings (SSSR count). The van der Waals surface area contributed by atoms with Crippen LogP contribution in [0, 0.1) is 5.41 Å². The van der Waals surface area contributed by atoms with E-state index in [2.05, 4.69) is 45.4 Å². The zero-order chi connectivity index (χ0) is 13.3. The maximum absolute atomic E-state index is 4.45. The van der Waals surface area contributed by atoms with Crippen LogP contribution < -0.4 is 15.5 Å². The lowest BCUT2D eigenvalue weighted by atomic mass is 9.93. The van der Waals surface area contributed by atoms with Gasteiger partial charge in [-0.3, -0.25) is 0 Å². The van der Waals surface area contributed by atoms with Crippen molar-refractivity contribution in [2.45, 2.75) is 32.7 Å². The van der Waals surface area contributed by atoms with E-state index >= 15 is 0 Å². The fourth-order valence-corrected chi connectivity index (χ4v) is 2.52. The van der Waals surface area contributed by atoms with Crippen molar-refractivity contribution in [1.29, 1.82) is 0 Å². The van der Waals surface area contributed by atoms with E-state index in [0.717, 1.165) is 37.8 Å². The third-order valence-electron chi connectivity index (χ3n) is 3.69. The summed E-state index contributed by atoms with van der Waals surface area (Å²) in [5.41, 5.74) is 0.269. The third kappa shape index (κ3) is 3.35. The largest absolute Gasteiger partial charge is 0.367 e. The normalized spacial score (nSPS) is 22.9. The van der Waals surface area contributed by atoms with Gasteiger partial charge in [0.1, 0.15) is 18.0 Å². The summed E-state index contributed by atoms with van der Waals surface area (Å²) >= 11 is 0. The number of nitrogens with zero attached hydrogens (tertiary/aromatic N) is 3. The Bertz CT molecular complexity index is 441. The van der Waals surface area contributed by atoms with Crippen molar-refractivity contribution in [2.75, 3.05) is 36.4 Å². The van der Waals surface area contributed by atoms with Gasteiger partial charge < -0.3 is 15.5 Å². The molecular formula is C14H23N5. The summed E-state index contributed by atoms with van der Waals surface area (Å²) < 4.78 is 0. The molecule has 2 fully saturated rings. The summed E-state index contributed by atoms with van der Waals surface area (Å²) in [6.45, 7) is 8.69. The Hall–Kier alpha value is -1.36. The minimum Gasteiger partial charge on any atom is -0.367 e. The molecule has 5 nitrogen and oxygen atoms in total. The van der Waals surface area contributed by atoms with Crippen molar-refractivity contribution < 1.29 is 0 Å². The van der Waals surface area contributed by atoms with E-state index in [1.165, 1.54) is 12.8 Å². The number of aromatic nitrogens is 2. The standard InChI is InChI=1S/C14H23N5/c1-14(2)8-15-5-6-19(9-14)13-7-12(16-10-17-13)18-11-3-4-11/h7,10-11,15H,3-6,8-9H2,1-2H3,(H,16,17,18). The highest BCUT2D eigenvalue weighted by atomic mass is 15.2. The number of hydrogen-bond acceptors (Lipinski definition) is 5. The van der Waals surface area contributed by atoms with Crippen molar-refractivity contribution in [3.63, 3.8) is 0 Å². The minimum absolute atomic E-state index is 0.269. The first kappa shape index (κ1) is 12.7. The van der Waals surface area contributed by atoms with Gasteiger partial charge in [-0.15, -0.1) is 0 Å². The number of hydrogen-bond donors (Lipinski definition) is 2. The van der Waals surface area contributed by atoms with Gasteiger partial charge in [0.05, 0.1) is 0 Å². The lowest BCUT2D eigenvalue weighted by Crippen LogP contribution is -2.35. The summed E-state index contributed by atoms with van der Waals surface area (Å²) in [6, 6.07) is 2.71. The van der Waals surface area contributed by atoms with Crippen molar-refractivity contribution in [3.05, 3.63) is 12.4 Å². The first-order chi connectivity index (χ1) is 9.12. The molecular weight excluding hydrogens is 238 g/mol. The quantitative estimate of drug-likeness (QED) is 0.863. The molecule has 0 amide bonds. The van der Waals surface area contributed by atoms with Crippen LogP contribution in [-0.4, -0.2) is 42.2 Å². The molecule has 2 heterocycles. The van der Waals surface area contributed by atoms with Gasteiger partial charge >= 0.3 is 0 Å². The summed E-state index contributed by atoms with van der Waals surface area (Å²) in [4.78, 5) is 11.1. The second-order valence-corrected chi connectivity index (χ2v) is 6.44. The van der Waals surface area contributed by atoms with Gasteiger partial charge in [-0.1, -0.05) is 13.8 Å². The number of rotatable bonds is 3. The molecule has 0 unspecified atom stereocenters. The SMILES string of the molecule is CC1(C)CNCCN(c2cc(NC3CC3)ncn2)C1. The average molecular weight is 261 g/mol. The molecule has 0 bridgehead atoms. The smallest absolute Gasteiger partial charge is 0.134 e. The predicted molar refractivity (Wildman–Crippen MR) is 77.5 cm³/mol. The highest BCUT2D eigenvalue weighted by Crippen LogP contribution is 2.26. The van der Waals surface area contributed by atoms with E-state index in [4.69, 9.17) is 0 Å². The van der Waals surface area contributed by atoms with E-state index in [0.29, 0.717) is 6.04 Å². The third-order valence-corrected chi connectivity index (χ3v) is 3.69. The van der Waals surface area contributed by atoms with Crippen LogP contribution in [-0.2, 0) is 0 Å². The predicted octanol–water partition coefficient (Wildman–Crippen LogP) is 1.49. The second kappa shape index (κ2) is 4.96. The summed E-state index contributed by atoms with van der Waals surface area (Å²) in [5, 5.41) is 6.93. The molecule has 104 valence electrons. The summed E-state index contributed by atoms with van der Waals surface area (Å²) in [5.74, 6) is 2.00. The fourth-order valence-electron chi connectivity index (χ4n) is 2.52. The van der Waals surface area contributed by atoms with Crippen molar-refractivity contribution in [1.82, 2.24) is 15.3 Å². The van der Waals surface area contributed by atoms with Crippen molar-refractivity contribution in [3.8, 4) is 0 Å². The van der Waals surface area contributed by atoms with Crippen LogP contribution >= 0.6 is 0 Å². The molecule has 0 atom stereocenters. The van der Waals surface area contributed by atoms with Gasteiger partial charge in [-0.2, -0.15) is 0 Å². The van der Waals surface area contributed by atoms with E-state index in [-0.39, 0.29) is 5.41 Å². The molecule has 1 aromatic heterocycles. The van der Waals surface area contributed by atoms with Crippen molar-refractivity contribution in [2.24, 2.45) is 5.41 Å². The molecule has 19 heavy (non-hydrogen) atoms. The Kier molecular flexibility index (Phi) is 3.31. The van der Waals surface area contributed by atoms with Crippen LogP contribution in [0.2, 0.25) is 0 Å². The van der Waals surface area contributed by atoms with Crippen LogP contribution in [0.3, 0.4) is 0 Å². The lowest BCUT2D eigenvalue weighted by molar-refractivity contribution is 0.370. The minimum atomic E-state index is 0.269. The summed E-state index contributed by atoms with van der Waals surface area (Å²) in [7, 11) is 0. The van der Waals surface area contributed by atoms with Crippen molar-refractivity contribution >= 4 is 11.6 Å². The maximum atomic E-state index is 4.45. The van der Waals surface area contributed by atoms with Crippen LogP contribution in [0.1, 0.15) is 26.7 Å². The highest BCUT2D eigenvalue weighted by Gasteiger charge is 2.26. The molecule has 0 radical (unpaired) electrons. The first-order valence-corrected chi connectivity index (χ1v) is 7.17. The maximum Gasteiger partial charge on any atom is 0.134 e. The molecule has 2 N–H and O–H groups in total. The van der Waals surface area contributed by atoms with E-state index in [1.54, 1.807) is 6.33 Å².